The quantitative estimate of drug-likeness (QED) is 0.347. The number of benzene rings is 1. The molecule has 2 aliphatic rings. The van der Waals surface area contributed by atoms with Crippen LogP contribution in [0.5, 0.6) is 0 Å². The van der Waals surface area contributed by atoms with E-state index in [1.54, 1.807) is 12.4 Å². The van der Waals surface area contributed by atoms with Gasteiger partial charge in [-0.15, -0.1) is 0 Å². The molecule has 5 heterocycles. The molecular formula is C28H33N7O3S. The maximum atomic E-state index is 11.8. The van der Waals surface area contributed by atoms with Crippen molar-refractivity contribution in [2.75, 3.05) is 42.0 Å². The molecular weight excluding hydrogens is 514 g/mol. The summed E-state index contributed by atoms with van der Waals surface area (Å²) >= 11 is 0. The highest BCUT2D eigenvalue weighted by molar-refractivity contribution is 7.90. The zero-order valence-electron chi connectivity index (χ0n) is 22.6. The fourth-order valence-corrected chi connectivity index (χ4v) is 6.54. The standard InChI is InChI=1S/C28H33N7O3S/c1-17(2)22-5-6-25(34-12-20(18(34)3)16-39(4,36)37)24-11-30-27(9-23(22)24)32-26-7-8-29-28(33-26)19-10-31-35(13-19)21-14-38-15-21/h5-11,13,17-18,20-21H,12,14-16H2,1-4H3,(H,29,30,32,33)/t18-,20-/m1/s1. The number of nitrogens with zero attached hydrogens (tertiary/aromatic N) is 6. The van der Waals surface area contributed by atoms with E-state index in [0.717, 1.165) is 28.6 Å². The van der Waals surface area contributed by atoms with E-state index in [0.29, 0.717) is 36.6 Å². The molecule has 0 amide bonds. The molecule has 0 radical (unpaired) electrons. The summed E-state index contributed by atoms with van der Waals surface area (Å²) < 4.78 is 30.8. The van der Waals surface area contributed by atoms with Crippen molar-refractivity contribution in [3.63, 3.8) is 0 Å². The molecule has 10 nitrogen and oxygen atoms in total. The normalized spacial score (nSPS) is 19.8. The number of pyridine rings is 1. The van der Waals surface area contributed by atoms with Gasteiger partial charge >= 0.3 is 0 Å². The van der Waals surface area contributed by atoms with Gasteiger partial charge in [0, 0.05) is 54.4 Å². The Hall–Kier alpha value is -3.57. The molecule has 2 saturated heterocycles. The van der Waals surface area contributed by atoms with E-state index in [4.69, 9.17) is 14.7 Å². The zero-order chi connectivity index (χ0) is 27.3. The number of sulfone groups is 1. The van der Waals surface area contributed by atoms with Gasteiger partial charge in [0.25, 0.3) is 0 Å². The first kappa shape index (κ1) is 25.7. The number of nitrogens with one attached hydrogen (secondary N) is 1. The topological polar surface area (TPSA) is 115 Å². The monoisotopic (exact) mass is 547 g/mol. The fourth-order valence-electron chi connectivity index (χ4n) is 5.38. The summed E-state index contributed by atoms with van der Waals surface area (Å²) in [5.74, 6) is 2.61. The van der Waals surface area contributed by atoms with Gasteiger partial charge < -0.3 is 15.0 Å². The smallest absolute Gasteiger partial charge is 0.164 e. The second-order valence-electron chi connectivity index (χ2n) is 11.0. The molecule has 3 aromatic heterocycles. The Morgan fingerprint density at radius 1 is 1.10 bits per heavy atom. The minimum atomic E-state index is -3.01. The molecule has 0 unspecified atom stereocenters. The minimum absolute atomic E-state index is 0.134. The van der Waals surface area contributed by atoms with E-state index in [9.17, 15) is 8.42 Å². The van der Waals surface area contributed by atoms with Gasteiger partial charge in [0.1, 0.15) is 21.5 Å². The van der Waals surface area contributed by atoms with Gasteiger partial charge in [0.2, 0.25) is 0 Å². The van der Waals surface area contributed by atoms with Crippen molar-refractivity contribution >= 4 is 37.9 Å². The summed E-state index contributed by atoms with van der Waals surface area (Å²) in [6, 6.07) is 8.63. The summed E-state index contributed by atoms with van der Waals surface area (Å²) in [6.45, 7) is 8.54. The third kappa shape index (κ3) is 5.08. The van der Waals surface area contributed by atoms with Crippen molar-refractivity contribution in [3.05, 3.63) is 54.6 Å². The number of hydrogen-bond donors (Lipinski definition) is 1. The summed E-state index contributed by atoms with van der Waals surface area (Å²) in [7, 11) is -3.01. The van der Waals surface area contributed by atoms with Crippen LogP contribution in [0.2, 0.25) is 0 Å². The maximum absolute atomic E-state index is 11.8. The third-order valence-electron chi connectivity index (χ3n) is 7.73. The van der Waals surface area contributed by atoms with E-state index in [1.165, 1.54) is 11.8 Å². The molecule has 4 aromatic rings. The van der Waals surface area contributed by atoms with Gasteiger partial charge in [0.15, 0.2) is 5.82 Å². The molecule has 2 fully saturated rings. The van der Waals surface area contributed by atoms with E-state index in [1.807, 2.05) is 23.1 Å². The van der Waals surface area contributed by atoms with Crippen molar-refractivity contribution in [1.82, 2.24) is 24.7 Å². The Morgan fingerprint density at radius 2 is 1.92 bits per heavy atom. The minimum Gasteiger partial charge on any atom is -0.377 e. The third-order valence-corrected chi connectivity index (χ3v) is 8.76. The molecule has 0 spiro atoms. The lowest BCUT2D eigenvalue weighted by molar-refractivity contribution is -0.0286. The maximum Gasteiger partial charge on any atom is 0.164 e. The Balaban J connectivity index is 1.27. The highest BCUT2D eigenvalue weighted by Gasteiger charge is 2.38. The molecule has 204 valence electrons. The van der Waals surface area contributed by atoms with Crippen LogP contribution in [0.4, 0.5) is 17.3 Å². The molecule has 6 rings (SSSR count). The number of ether oxygens (including phenoxy) is 1. The first-order valence-corrected chi connectivity index (χ1v) is 15.3. The van der Waals surface area contributed by atoms with E-state index in [2.05, 4.69) is 59.3 Å². The van der Waals surface area contributed by atoms with Crippen LogP contribution in [-0.2, 0) is 14.6 Å². The molecule has 0 aliphatic carbocycles. The SMILES string of the molecule is CC(C)c1ccc(N2C[C@H](CS(C)(=O)=O)[C@H]2C)c2cnc(Nc3ccnc(-c4cnn(C5COC5)c4)n3)cc12. The Labute approximate surface area is 228 Å². The summed E-state index contributed by atoms with van der Waals surface area (Å²) in [5.41, 5.74) is 3.17. The summed E-state index contributed by atoms with van der Waals surface area (Å²) in [5, 5.41) is 9.98. The van der Waals surface area contributed by atoms with Gasteiger partial charge in [-0.1, -0.05) is 19.9 Å². The van der Waals surface area contributed by atoms with Crippen molar-refractivity contribution in [3.8, 4) is 11.4 Å². The number of aromatic nitrogens is 5. The number of rotatable bonds is 8. The molecule has 1 aromatic carbocycles. The van der Waals surface area contributed by atoms with Crippen LogP contribution in [0.15, 0.2) is 49.1 Å². The lowest BCUT2D eigenvalue weighted by atomic mass is 9.88. The van der Waals surface area contributed by atoms with Crippen molar-refractivity contribution in [1.29, 1.82) is 0 Å². The second kappa shape index (κ2) is 9.87. The van der Waals surface area contributed by atoms with Gasteiger partial charge in [-0.3, -0.25) is 4.68 Å². The second-order valence-corrected chi connectivity index (χ2v) is 13.2. The van der Waals surface area contributed by atoms with Crippen molar-refractivity contribution in [2.24, 2.45) is 5.92 Å². The van der Waals surface area contributed by atoms with E-state index >= 15 is 0 Å². The van der Waals surface area contributed by atoms with Gasteiger partial charge in [0.05, 0.1) is 36.8 Å². The molecule has 0 saturated carbocycles. The van der Waals surface area contributed by atoms with Crippen LogP contribution in [0.25, 0.3) is 22.2 Å². The van der Waals surface area contributed by atoms with Gasteiger partial charge in [-0.05, 0) is 42.0 Å². The van der Waals surface area contributed by atoms with Crippen LogP contribution in [-0.4, -0.2) is 71.0 Å². The molecule has 1 N–H and O–H groups in total. The summed E-state index contributed by atoms with van der Waals surface area (Å²) in [4.78, 5) is 16.2. The number of fused-ring (bicyclic) bond motifs is 1. The predicted molar refractivity (Wildman–Crippen MR) is 152 cm³/mol. The Bertz CT molecular complexity index is 1630. The van der Waals surface area contributed by atoms with Crippen LogP contribution < -0.4 is 10.2 Å². The van der Waals surface area contributed by atoms with Crippen LogP contribution in [0, 0.1) is 5.92 Å². The average molecular weight is 548 g/mol. The molecule has 2 atom stereocenters. The van der Waals surface area contributed by atoms with Crippen LogP contribution in [0.1, 0.15) is 38.3 Å². The first-order chi connectivity index (χ1) is 18.7. The molecule has 0 bridgehead atoms. The zero-order valence-corrected chi connectivity index (χ0v) is 23.4. The van der Waals surface area contributed by atoms with Gasteiger partial charge in [-0.2, -0.15) is 5.10 Å². The number of hydrogen-bond acceptors (Lipinski definition) is 9. The van der Waals surface area contributed by atoms with E-state index < -0.39 is 9.84 Å². The molecule has 2 aliphatic heterocycles. The lowest BCUT2D eigenvalue weighted by Gasteiger charge is -2.48. The van der Waals surface area contributed by atoms with Crippen molar-refractivity contribution in [2.45, 2.75) is 38.8 Å². The molecule has 39 heavy (non-hydrogen) atoms. The largest absolute Gasteiger partial charge is 0.377 e. The van der Waals surface area contributed by atoms with E-state index in [-0.39, 0.29) is 23.8 Å². The highest BCUT2D eigenvalue weighted by atomic mass is 32.2. The van der Waals surface area contributed by atoms with Gasteiger partial charge in [-0.25, -0.2) is 23.4 Å². The average Bonchev–Trinajstić information content (AvgIpc) is 3.33. The Kier molecular flexibility index (Phi) is 6.50. The molecule has 11 heteroatoms. The fraction of sp³-hybridized carbons (Fsp3) is 0.429. The highest BCUT2D eigenvalue weighted by Crippen LogP contribution is 2.39. The Morgan fingerprint density at radius 3 is 2.62 bits per heavy atom. The number of anilines is 3. The first-order valence-electron chi connectivity index (χ1n) is 13.3. The van der Waals surface area contributed by atoms with Crippen LogP contribution in [0.3, 0.4) is 0 Å². The van der Waals surface area contributed by atoms with Crippen molar-refractivity contribution < 1.29 is 13.2 Å². The predicted octanol–water partition coefficient (Wildman–Crippen LogP) is 4.20. The summed E-state index contributed by atoms with van der Waals surface area (Å²) in [6.07, 6.45) is 8.67. The lowest BCUT2D eigenvalue weighted by Crippen LogP contribution is -2.57. The van der Waals surface area contributed by atoms with Crippen LogP contribution >= 0.6 is 0 Å².